The van der Waals surface area contributed by atoms with Crippen LogP contribution in [-0.2, 0) is 0 Å². The minimum absolute atomic E-state index is 0.185. The Bertz CT molecular complexity index is 475. The lowest BCUT2D eigenvalue weighted by molar-refractivity contribution is 0.288. The lowest BCUT2D eigenvalue weighted by atomic mass is 10.5. The molecular weight excluding hydrogens is 256 g/mol. The second-order valence-corrected chi connectivity index (χ2v) is 5.36. The molecular formula is C10H12N4OS2. The molecule has 2 N–H and O–H groups in total. The number of hydrogen-bond acceptors (Lipinski definition) is 7. The molecule has 0 bridgehead atoms. The fourth-order valence-corrected chi connectivity index (χ4v) is 2.69. The van der Waals surface area contributed by atoms with E-state index in [1.807, 2.05) is 24.4 Å². The maximum atomic E-state index is 5.61. The normalized spacial score (nSPS) is 10.4. The zero-order chi connectivity index (χ0) is 12.1. The standard InChI is InChI=1S/C10H12N4OS2/c1-2-5-15-9-12-8(11)13-10(14-9)17-7-4-3-6-16-7/h3-4,6H,2,5H2,1H3,(H2,11,12,13,14). The van der Waals surface area contributed by atoms with E-state index < -0.39 is 0 Å². The molecule has 0 saturated heterocycles. The summed E-state index contributed by atoms with van der Waals surface area (Å²) in [6, 6.07) is 4.27. The highest BCUT2D eigenvalue weighted by atomic mass is 32.2. The van der Waals surface area contributed by atoms with Gasteiger partial charge in [-0.05, 0) is 29.6 Å². The summed E-state index contributed by atoms with van der Waals surface area (Å²) in [6.45, 7) is 2.60. The monoisotopic (exact) mass is 268 g/mol. The topological polar surface area (TPSA) is 73.9 Å². The number of nitrogens with two attached hydrogens (primary N) is 1. The van der Waals surface area contributed by atoms with Crippen LogP contribution in [0.5, 0.6) is 6.01 Å². The van der Waals surface area contributed by atoms with Crippen molar-refractivity contribution in [3.05, 3.63) is 17.5 Å². The highest BCUT2D eigenvalue weighted by Gasteiger charge is 2.07. The predicted molar refractivity (Wildman–Crippen MR) is 68.5 cm³/mol. The molecule has 90 valence electrons. The van der Waals surface area contributed by atoms with Crippen molar-refractivity contribution in [2.45, 2.75) is 22.7 Å². The van der Waals surface area contributed by atoms with Crippen LogP contribution in [0.2, 0.25) is 0 Å². The first kappa shape index (κ1) is 12.1. The van der Waals surface area contributed by atoms with E-state index in [1.54, 1.807) is 11.3 Å². The third kappa shape index (κ3) is 3.57. The number of rotatable bonds is 5. The van der Waals surface area contributed by atoms with E-state index >= 15 is 0 Å². The second kappa shape index (κ2) is 5.83. The van der Waals surface area contributed by atoms with E-state index in [0.717, 1.165) is 10.6 Å². The maximum absolute atomic E-state index is 5.61. The number of nitrogen functional groups attached to an aromatic ring is 1. The smallest absolute Gasteiger partial charge is 0.322 e. The van der Waals surface area contributed by atoms with Gasteiger partial charge in [0, 0.05) is 0 Å². The fourth-order valence-electron chi connectivity index (χ4n) is 1.07. The summed E-state index contributed by atoms with van der Waals surface area (Å²) >= 11 is 3.08. The third-order valence-electron chi connectivity index (χ3n) is 1.73. The van der Waals surface area contributed by atoms with Gasteiger partial charge in [0.25, 0.3) is 0 Å². The van der Waals surface area contributed by atoms with Gasteiger partial charge in [-0.25, -0.2) is 0 Å². The molecule has 2 aromatic heterocycles. The molecule has 2 heterocycles. The molecule has 0 spiro atoms. The predicted octanol–water partition coefficient (Wildman–Crippen LogP) is 2.46. The molecule has 0 aliphatic rings. The van der Waals surface area contributed by atoms with E-state index in [-0.39, 0.29) is 5.95 Å². The summed E-state index contributed by atoms with van der Waals surface area (Å²) in [5, 5.41) is 2.56. The fraction of sp³-hybridized carbons (Fsp3) is 0.300. The van der Waals surface area contributed by atoms with Gasteiger partial charge in [-0.15, -0.1) is 11.3 Å². The van der Waals surface area contributed by atoms with Gasteiger partial charge in [-0.3, -0.25) is 0 Å². The largest absolute Gasteiger partial charge is 0.463 e. The molecule has 0 unspecified atom stereocenters. The highest BCUT2D eigenvalue weighted by Crippen LogP contribution is 2.29. The number of hydrogen-bond donors (Lipinski definition) is 1. The van der Waals surface area contributed by atoms with Gasteiger partial charge in [0.15, 0.2) is 0 Å². The zero-order valence-corrected chi connectivity index (χ0v) is 10.9. The van der Waals surface area contributed by atoms with Gasteiger partial charge in [0.05, 0.1) is 10.8 Å². The summed E-state index contributed by atoms with van der Waals surface area (Å²) in [7, 11) is 0. The highest BCUT2D eigenvalue weighted by molar-refractivity contribution is 8.01. The van der Waals surface area contributed by atoms with Crippen LogP contribution in [0.4, 0.5) is 5.95 Å². The number of nitrogens with zero attached hydrogens (tertiary/aromatic N) is 3. The van der Waals surface area contributed by atoms with Crippen molar-refractivity contribution in [3.63, 3.8) is 0 Å². The summed E-state index contributed by atoms with van der Waals surface area (Å²) in [5.74, 6) is 0.185. The Kier molecular flexibility index (Phi) is 4.16. The Hall–Kier alpha value is -1.34. The van der Waals surface area contributed by atoms with Gasteiger partial charge in [0.2, 0.25) is 11.1 Å². The second-order valence-electron chi connectivity index (χ2n) is 3.14. The van der Waals surface area contributed by atoms with Crippen LogP contribution in [0.25, 0.3) is 0 Å². The van der Waals surface area contributed by atoms with Gasteiger partial charge in [0.1, 0.15) is 0 Å². The number of thiophene rings is 1. The molecule has 2 aromatic rings. The molecule has 5 nitrogen and oxygen atoms in total. The lowest BCUT2D eigenvalue weighted by Crippen LogP contribution is -2.05. The molecule has 0 radical (unpaired) electrons. The van der Waals surface area contributed by atoms with E-state index in [0.29, 0.717) is 17.8 Å². The number of anilines is 1. The molecule has 0 aromatic carbocycles. The Morgan fingerprint density at radius 3 is 3.00 bits per heavy atom. The Labute approximate surface area is 107 Å². The van der Waals surface area contributed by atoms with Crippen LogP contribution in [0.15, 0.2) is 26.9 Å². The minimum Gasteiger partial charge on any atom is -0.463 e. The SMILES string of the molecule is CCCOc1nc(N)nc(Sc2cccs2)n1. The average Bonchev–Trinajstić information content (AvgIpc) is 2.78. The van der Waals surface area contributed by atoms with Crippen molar-refractivity contribution >= 4 is 29.0 Å². The van der Waals surface area contributed by atoms with Crippen LogP contribution in [0.1, 0.15) is 13.3 Å². The summed E-state index contributed by atoms with van der Waals surface area (Å²) in [5.41, 5.74) is 5.61. The zero-order valence-electron chi connectivity index (χ0n) is 9.29. The van der Waals surface area contributed by atoms with E-state index in [4.69, 9.17) is 10.5 Å². The molecule has 0 atom stereocenters. The summed E-state index contributed by atoms with van der Waals surface area (Å²) < 4.78 is 6.45. The van der Waals surface area contributed by atoms with Crippen LogP contribution in [0.3, 0.4) is 0 Å². The van der Waals surface area contributed by atoms with Crippen LogP contribution < -0.4 is 10.5 Å². The molecule has 0 aliphatic carbocycles. The molecule has 7 heteroatoms. The van der Waals surface area contributed by atoms with Crippen LogP contribution in [-0.4, -0.2) is 21.6 Å². The molecule has 0 saturated carbocycles. The molecule has 2 rings (SSSR count). The first-order chi connectivity index (χ1) is 8.28. The Balaban J connectivity index is 2.13. The van der Waals surface area contributed by atoms with Crippen molar-refractivity contribution in [3.8, 4) is 6.01 Å². The summed E-state index contributed by atoms with van der Waals surface area (Å²) in [6.07, 6.45) is 0.902. The Morgan fingerprint density at radius 1 is 1.41 bits per heavy atom. The van der Waals surface area contributed by atoms with Crippen LogP contribution >= 0.6 is 23.1 Å². The van der Waals surface area contributed by atoms with Crippen molar-refractivity contribution in [2.75, 3.05) is 12.3 Å². The van der Waals surface area contributed by atoms with Gasteiger partial charge in [-0.1, -0.05) is 13.0 Å². The number of ether oxygens (including phenoxy) is 1. The minimum atomic E-state index is 0.185. The molecule has 17 heavy (non-hydrogen) atoms. The maximum Gasteiger partial charge on any atom is 0.322 e. The first-order valence-electron chi connectivity index (χ1n) is 5.13. The van der Waals surface area contributed by atoms with Gasteiger partial charge < -0.3 is 10.5 Å². The van der Waals surface area contributed by atoms with Crippen molar-refractivity contribution < 1.29 is 4.74 Å². The Morgan fingerprint density at radius 2 is 2.29 bits per heavy atom. The van der Waals surface area contributed by atoms with Crippen molar-refractivity contribution in [1.82, 2.24) is 15.0 Å². The average molecular weight is 268 g/mol. The van der Waals surface area contributed by atoms with Gasteiger partial charge >= 0.3 is 6.01 Å². The quantitative estimate of drug-likeness (QED) is 0.898. The summed E-state index contributed by atoms with van der Waals surface area (Å²) in [4.78, 5) is 12.2. The molecule has 0 fully saturated rings. The molecule has 0 amide bonds. The van der Waals surface area contributed by atoms with E-state index in [9.17, 15) is 0 Å². The number of aromatic nitrogens is 3. The first-order valence-corrected chi connectivity index (χ1v) is 6.83. The van der Waals surface area contributed by atoms with Crippen LogP contribution in [0, 0.1) is 0 Å². The van der Waals surface area contributed by atoms with Crippen molar-refractivity contribution in [1.29, 1.82) is 0 Å². The third-order valence-corrected chi connectivity index (χ3v) is 3.64. The van der Waals surface area contributed by atoms with Crippen molar-refractivity contribution in [2.24, 2.45) is 0 Å². The lowest BCUT2D eigenvalue weighted by Gasteiger charge is -2.04. The molecule has 0 aliphatic heterocycles. The van der Waals surface area contributed by atoms with E-state index in [2.05, 4.69) is 15.0 Å². The van der Waals surface area contributed by atoms with E-state index in [1.165, 1.54) is 11.8 Å². The van der Waals surface area contributed by atoms with Gasteiger partial charge in [-0.2, -0.15) is 15.0 Å².